The fraction of sp³-hybridized carbons (Fsp3) is 0.462. The molecule has 0 radical (unpaired) electrons. The minimum absolute atomic E-state index is 0.0267. The van der Waals surface area contributed by atoms with Gasteiger partial charge in [-0.3, -0.25) is 4.31 Å². The highest BCUT2D eigenvalue weighted by Gasteiger charge is 2.23. The minimum Gasteiger partial charge on any atom is -0.336 e. The number of carbonyl (C=O) groups excluding carboxylic acids is 1. The minimum atomic E-state index is -3.58. The topological polar surface area (TPSA) is 78.5 Å². The van der Waals surface area contributed by atoms with Crippen molar-refractivity contribution in [3.63, 3.8) is 0 Å². The SMILES string of the molecule is CS(=O)(=O)N(CCNC(=O)NC1CC1)c1ccc(F)c(Cl)c1. The van der Waals surface area contributed by atoms with E-state index in [4.69, 9.17) is 11.6 Å². The van der Waals surface area contributed by atoms with Crippen LogP contribution in [0.5, 0.6) is 0 Å². The smallest absolute Gasteiger partial charge is 0.315 e. The second kappa shape index (κ2) is 6.70. The Morgan fingerprint density at radius 2 is 2.14 bits per heavy atom. The zero-order valence-electron chi connectivity index (χ0n) is 12.0. The number of benzene rings is 1. The maximum Gasteiger partial charge on any atom is 0.315 e. The summed E-state index contributed by atoms with van der Waals surface area (Å²) in [6.07, 6.45) is 2.97. The second-order valence-corrected chi connectivity index (χ2v) is 7.42. The standard InChI is InChI=1S/C13H17ClFN3O3S/c1-22(20,21)18(10-4-5-12(15)11(14)8-10)7-6-16-13(19)17-9-2-3-9/h4-5,8-9H,2-3,6-7H2,1H3,(H2,16,17,19). The Kier molecular flexibility index (Phi) is 5.12. The summed E-state index contributed by atoms with van der Waals surface area (Å²) in [6, 6.07) is 3.56. The van der Waals surface area contributed by atoms with Crippen molar-refractivity contribution in [1.82, 2.24) is 10.6 Å². The van der Waals surface area contributed by atoms with Crippen LogP contribution in [-0.2, 0) is 10.0 Å². The van der Waals surface area contributed by atoms with E-state index < -0.39 is 15.8 Å². The summed E-state index contributed by atoms with van der Waals surface area (Å²) >= 11 is 5.68. The van der Waals surface area contributed by atoms with Gasteiger partial charge >= 0.3 is 6.03 Å². The van der Waals surface area contributed by atoms with Crippen LogP contribution in [0, 0.1) is 5.82 Å². The molecule has 0 unspecified atom stereocenters. The second-order valence-electron chi connectivity index (χ2n) is 5.11. The molecule has 2 amide bonds. The molecule has 0 aromatic heterocycles. The summed E-state index contributed by atoms with van der Waals surface area (Å²) in [5.41, 5.74) is 0.248. The number of urea groups is 1. The van der Waals surface area contributed by atoms with Crippen LogP contribution in [0.1, 0.15) is 12.8 Å². The first kappa shape index (κ1) is 16.8. The first-order valence-corrected chi connectivity index (χ1v) is 8.97. The number of amides is 2. The fourth-order valence-electron chi connectivity index (χ4n) is 1.86. The highest BCUT2D eigenvalue weighted by molar-refractivity contribution is 7.92. The molecule has 0 heterocycles. The predicted octanol–water partition coefficient (Wildman–Crippen LogP) is 1.71. The molecule has 9 heteroatoms. The third-order valence-electron chi connectivity index (χ3n) is 3.10. The molecule has 2 N–H and O–H groups in total. The van der Waals surface area contributed by atoms with Crippen LogP contribution in [0.2, 0.25) is 5.02 Å². The molecule has 1 aliphatic rings. The Hall–Kier alpha value is -1.54. The van der Waals surface area contributed by atoms with Crippen molar-refractivity contribution < 1.29 is 17.6 Å². The number of nitrogens with one attached hydrogen (secondary N) is 2. The first-order valence-electron chi connectivity index (χ1n) is 6.74. The van der Waals surface area contributed by atoms with Crippen molar-refractivity contribution in [3.8, 4) is 0 Å². The normalized spacial score (nSPS) is 14.5. The summed E-state index contributed by atoms with van der Waals surface area (Å²) < 4.78 is 37.9. The van der Waals surface area contributed by atoms with Gasteiger partial charge in [-0.1, -0.05) is 11.6 Å². The van der Waals surface area contributed by atoms with E-state index in [1.807, 2.05) is 0 Å². The molecular weight excluding hydrogens is 333 g/mol. The van der Waals surface area contributed by atoms with Gasteiger partial charge in [-0.25, -0.2) is 17.6 Å². The lowest BCUT2D eigenvalue weighted by atomic mass is 10.3. The molecule has 1 aromatic carbocycles. The van der Waals surface area contributed by atoms with Gasteiger partial charge in [0.2, 0.25) is 10.0 Å². The zero-order chi connectivity index (χ0) is 16.3. The first-order chi connectivity index (χ1) is 10.3. The predicted molar refractivity (Wildman–Crippen MR) is 83.2 cm³/mol. The van der Waals surface area contributed by atoms with Crippen LogP contribution in [0.15, 0.2) is 18.2 Å². The van der Waals surface area contributed by atoms with Crippen molar-refractivity contribution >= 4 is 33.3 Å². The lowest BCUT2D eigenvalue weighted by Gasteiger charge is -2.22. The van der Waals surface area contributed by atoms with E-state index in [-0.39, 0.29) is 35.9 Å². The van der Waals surface area contributed by atoms with Crippen LogP contribution >= 0.6 is 11.6 Å². The number of anilines is 1. The number of nitrogens with zero attached hydrogens (tertiary/aromatic N) is 1. The third-order valence-corrected chi connectivity index (χ3v) is 4.59. The highest BCUT2D eigenvalue weighted by atomic mass is 35.5. The van der Waals surface area contributed by atoms with E-state index in [1.165, 1.54) is 12.1 Å². The molecule has 0 bridgehead atoms. The van der Waals surface area contributed by atoms with E-state index >= 15 is 0 Å². The maximum absolute atomic E-state index is 13.2. The Morgan fingerprint density at radius 1 is 1.45 bits per heavy atom. The average Bonchev–Trinajstić information content (AvgIpc) is 3.20. The van der Waals surface area contributed by atoms with Crippen molar-refractivity contribution in [2.45, 2.75) is 18.9 Å². The quantitative estimate of drug-likeness (QED) is 0.820. The van der Waals surface area contributed by atoms with Crippen LogP contribution in [-0.4, -0.2) is 39.8 Å². The van der Waals surface area contributed by atoms with Crippen LogP contribution < -0.4 is 14.9 Å². The fourth-order valence-corrected chi connectivity index (χ4v) is 2.96. The van der Waals surface area contributed by atoms with Gasteiger partial charge in [0, 0.05) is 12.6 Å². The van der Waals surface area contributed by atoms with Gasteiger partial charge in [0.1, 0.15) is 5.82 Å². The molecule has 122 valence electrons. The molecule has 6 nitrogen and oxygen atoms in total. The summed E-state index contributed by atoms with van der Waals surface area (Å²) in [7, 11) is -3.58. The molecule has 1 saturated carbocycles. The van der Waals surface area contributed by atoms with E-state index in [0.29, 0.717) is 0 Å². The number of sulfonamides is 1. The molecule has 2 rings (SSSR count). The van der Waals surface area contributed by atoms with Gasteiger partial charge in [0.25, 0.3) is 0 Å². The zero-order valence-corrected chi connectivity index (χ0v) is 13.5. The van der Waals surface area contributed by atoms with E-state index in [2.05, 4.69) is 10.6 Å². The lowest BCUT2D eigenvalue weighted by Crippen LogP contribution is -2.42. The maximum atomic E-state index is 13.2. The molecule has 1 aromatic rings. The van der Waals surface area contributed by atoms with Crippen molar-refractivity contribution in [2.24, 2.45) is 0 Å². The number of hydrogen-bond donors (Lipinski definition) is 2. The van der Waals surface area contributed by atoms with Crippen molar-refractivity contribution in [3.05, 3.63) is 29.0 Å². The molecule has 1 aliphatic carbocycles. The molecule has 0 spiro atoms. The number of carbonyl (C=O) groups is 1. The molecule has 0 saturated heterocycles. The molecular formula is C13H17ClFN3O3S. The van der Waals surface area contributed by atoms with Crippen molar-refractivity contribution in [2.75, 3.05) is 23.7 Å². The van der Waals surface area contributed by atoms with Gasteiger partial charge in [-0.15, -0.1) is 0 Å². The van der Waals surface area contributed by atoms with Gasteiger partial charge in [-0.05, 0) is 31.0 Å². The number of halogens is 2. The summed E-state index contributed by atoms with van der Waals surface area (Å²) in [5.74, 6) is -0.624. The summed E-state index contributed by atoms with van der Waals surface area (Å²) in [5, 5.41) is 5.16. The Balaban J connectivity index is 2.00. The molecule has 1 fully saturated rings. The molecule has 0 aliphatic heterocycles. The van der Waals surface area contributed by atoms with Crippen LogP contribution in [0.4, 0.5) is 14.9 Å². The summed E-state index contributed by atoms with van der Waals surface area (Å²) in [6.45, 7) is 0.152. The lowest BCUT2D eigenvalue weighted by molar-refractivity contribution is 0.241. The van der Waals surface area contributed by atoms with Gasteiger partial charge in [0.05, 0.1) is 23.5 Å². The molecule has 0 atom stereocenters. The third kappa shape index (κ3) is 4.74. The van der Waals surface area contributed by atoms with Gasteiger partial charge in [-0.2, -0.15) is 0 Å². The number of hydrogen-bond acceptors (Lipinski definition) is 3. The van der Waals surface area contributed by atoms with Gasteiger partial charge in [0.15, 0.2) is 0 Å². The summed E-state index contributed by atoms with van der Waals surface area (Å²) in [4.78, 5) is 11.5. The van der Waals surface area contributed by atoms with E-state index in [9.17, 15) is 17.6 Å². The Bertz CT molecular complexity index is 664. The molecule has 22 heavy (non-hydrogen) atoms. The average molecular weight is 350 g/mol. The largest absolute Gasteiger partial charge is 0.336 e. The highest BCUT2D eigenvalue weighted by Crippen LogP contribution is 2.24. The van der Waals surface area contributed by atoms with E-state index in [1.54, 1.807) is 0 Å². The number of rotatable bonds is 6. The Labute approximate surface area is 133 Å². The van der Waals surface area contributed by atoms with Crippen molar-refractivity contribution in [1.29, 1.82) is 0 Å². The van der Waals surface area contributed by atoms with Crippen LogP contribution in [0.3, 0.4) is 0 Å². The van der Waals surface area contributed by atoms with E-state index in [0.717, 1.165) is 29.5 Å². The Morgan fingerprint density at radius 3 is 2.68 bits per heavy atom. The monoisotopic (exact) mass is 349 g/mol. The van der Waals surface area contributed by atoms with Crippen LogP contribution in [0.25, 0.3) is 0 Å². The van der Waals surface area contributed by atoms with Gasteiger partial charge < -0.3 is 10.6 Å².